The van der Waals surface area contributed by atoms with E-state index < -0.39 is 0 Å². The van der Waals surface area contributed by atoms with E-state index in [4.69, 9.17) is 0 Å². The van der Waals surface area contributed by atoms with Gasteiger partial charge in [0.2, 0.25) is 0 Å². The second-order valence-electron chi connectivity index (χ2n) is 9.60. The quantitative estimate of drug-likeness (QED) is 0.447. The van der Waals surface area contributed by atoms with Crippen molar-refractivity contribution in [2.75, 3.05) is 16.3 Å². The van der Waals surface area contributed by atoms with Crippen LogP contribution in [0.15, 0.2) is 72.4 Å². The van der Waals surface area contributed by atoms with Crippen LogP contribution in [-0.4, -0.2) is 18.4 Å². The van der Waals surface area contributed by atoms with Gasteiger partial charge in [-0.2, -0.15) is 0 Å². The lowest BCUT2D eigenvalue weighted by Gasteiger charge is -2.32. The summed E-state index contributed by atoms with van der Waals surface area (Å²) in [5, 5.41) is 0. The normalized spacial score (nSPS) is 16.0. The number of fused-ring (bicyclic) bond motifs is 1. The molecule has 0 spiro atoms. The third-order valence-corrected chi connectivity index (χ3v) is 7.05. The van der Waals surface area contributed by atoms with Gasteiger partial charge >= 0.3 is 0 Å². The third kappa shape index (κ3) is 3.63. The number of hydrogen-bond donors (Lipinski definition) is 0. The number of nitrogens with zero attached hydrogens (tertiary/aromatic N) is 2. The van der Waals surface area contributed by atoms with Crippen LogP contribution in [0.3, 0.4) is 0 Å². The Morgan fingerprint density at radius 1 is 0.824 bits per heavy atom. The Balaban J connectivity index is 1.67. The molecule has 4 heteroatoms. The summed E-state index contributed by atoms with van der Waals surface area (Å²) in [6.45, 7) is 9.07. The summed E-state index contributed by atoms with van der Waals surface area (Å²) in [6, 6.07) is 22.0. The van der Waals surface area contributed by atoms with Gasteiger partial charge in [-0.15, -0.1) is 0 Å². The lowest BCUT2D eigenvalue weighted by molar-refractivity contribution is -0.120. The van der Waals surface area contributed by atoms with Gasteiger partial charge in [-0.1, -0.05) is 62.4 Å². The van der Waals surface area contributed by atoms with Gasteiger partial charge in [0, 0.05) is 12.2 Å². The van der Waals surface area contributed by atoms with Crippen LogP contribution in [0.25, 0.3) is 5.57 Å². The molecule has 2 aliphatic heterocycles. The summed E-state index contributed by atoms with van der Waals surface area (Å²) < 4.78 is 0. The van der Waals surface area contributed by atoms with Crippen molar-refractivity contribution in [3.05, 3.63) is 100 Å². The molecule has 0 saturated carbocycles. The zero-order valence-corrected chi connectivity index (χ0v) is 20.3. The Morgan fingerprint density at radius 2 is 1.56 bits per heavy atom. The van der Waals surface area contributed by atoms with Crippen molar-refractivity contribution in [3.8, 4) is 0 Å². The summed E-state index contributed by atoms with van der Waals surface area (Å²) in [5.74, 6) is -0.139. The number of hydrogen-bond acceptors (Lipinski definition) is 3. The summed E-state index contributed by atoms with van der Waals surface area (Å²) >= 11 is 0. The monoisotopic (exact) mass is 450 g/mol. The van der Waals surface area contributed by atoms with Gasteiger partial charge in [0.15, 0.2) is 0 Å². The third-order valence-electron chi connectivity index (χ3n) is 7.05. The van der Waals surface area contributed by atoms with Crippen LogP contribution < -0.4 is 9.80 Å². The number of para-hydroxylation sites is 1. The summed E-state index contributed by atoms with van der Waals surface area (Å²) in [5.41, 5.74) is 8.03. The van der Waals surface area contributed by atoms with Gasteiger partial charge in [0.25, 0.3) is 11.8 Å². The number of rotatable bonds is 4. The average molecular weight is 451 g/mol. The highest BCUT2D eigenvalue weighted by Gasteiger charge is 2.43. The van der Waals surface area contributed by atoms with Crippen molar-refractivity contribution in [2.24, 2.45) is 0 Å². The molecule has 0 bridgehead atoms. The summed E-state index contributed by atoms with van der Waals surface area (Å²) in [6.07, 6.45) is 1.91. The van der Waals surface area contributed by atoms with Crippen molar-refractivity contribution in [3.63, 3.8) is 0 Å². The van der Waals surface area contributed by atoms with E-state index in [0.717, 1.165) is 35.2 Å². The topological polar surface area (TPSA) is 40.6 Å². The van der Waals surface area contributed by atoms with Crippen LogP contribution in [0.4, 0.5) is 11.4 Å². The molecule has 0 N–H and O–H groups in total. The van der Waals surface area contributed by atoms with E-state index in [9.17, 15) is 9.59 Å². The first-order valence-electron chi connectivity index (χ1n) is 12.0. The van der Waals surface area contributed by atoms with E-state index in [2.05, 4.69) is 37.8 Å². The first-order valence-corrected chi connectivity index (χ1v) is 12.0. The molecule has 4 nitrogen and oxygen atoms in total. The molecule has 0 atom stereocenters. The number of aryl methyl sites for hydroxylation is 3. The lowest BCUT2D eigenvalue weighted by Crippen LogP contribution is -2.37. The Morgan fingerprint density at radius 3 is 2.26 bits per heavy atom. The fraction of sp³-hybridized carbons (Fsp3) is 0.267. The molecule has 3 aromatic carbocycles. The number of benzene rings is 3. The molecule has 172 valence electrons. The highest BCUT2D eigenvalue weighted by atomic mass is 16.2. The lowest BCUT2D eigenvalue weighted by atomic mass is 9.97. The van der Waals surface area contributed by atoms with Gasteiger partial charge in [-0.25, -0.2) is 4.90 Å². The fourth-order valence-corrected chi connectivity index (χ4v) is 4.93. The van der Waals surface area contributed by atoms with Crippen LogP contribution in [0.2, 0.25) is 0 Å². The molecule has 0 saturated heterocycles. The van der Waals surface area contributed by atoms with Crippen molar-refractivity contribution in [1.82, 2.24) is 0 Å². The van der Waals surface area contributed by atoms with Gasteiger partial charge in [0.1, 0.15) is 5.70 Å². The van der Waals surface area contributed by atoms with Crippen LogP contribution >= 0.6 is 0 Å². The molecule has 3 aromatic rings. The summed E-state index contributed by atoms with van der Waals surface area (Å²) in [4.78, 5) is 31.3. The molecule has 0 aliphatic carbocycles. The molecule has 0 aromatic heterocycles. The van der Waals surface area contributed by atoms with E-state index in [1.54, 1.807) is 0 Å². The largest absolute Gasteiger partial charge is 0.336 e. The Hall–Kier alpha value is -3.66. The number of carbonyl (C=O) groups excluding carboxylic acids is 2. The molecular weight excluding hydrogens is 420 g/mol. The van der Waals surface area contributed by atoms with Gasteiger partial charge in [0.05, 0.1) is 11.3 Å². The molecule has 0 fully saturated rings. The predicted molar refractivity (Wildman–Crippen MR) is 138 cm³/mol. The predicted octanol–water partition coefficient (Wildman–Crippen LogP) is 6.16. The molecule has 0 unspecified atom stereocenters. The SMILES string of the molecule is Cc1ccc(C2=C(N3CCCc4ccccc43)C(=O)N(c3ccc(C(C)C)cc3)C2=O)cc1C. The first kappa shape index (κ1) is 22.1. The maximum absolute atomic E-state index is 14.0. The van der Waals surface area contributed by atoms with Crippen LogP contribution in [0.5, 0.6) is 0 Å². The van der Waals surface area contributed by atoms with Crippen molar-refractivity contribution < 1.29 is 9.59 Å². The number of amides is 2. The Labute approximate surface area is 201 Å². The fourth-order valence-electron chi connectivity index (χ4n) is 4.93. The van der Waals surface area contributed by atoms with Gasteiger partial charge < -0.3 is 4.90 Å². The summed E-state index contributed by atoms with van der Waals surface area (Å²) in [7, 11) is 0. The minimum absolute atomic E-state index is 0.257. The average Bonchev–Trinajstić information content (AvgIpc) is 3.10. The van der Waals surface area contributed by atoms with Crippen molar-refractivity contribution >= 4 is 28.8 Å². The van der Waals surface area contributed by atoms with Crippen LogP contribution in [0, 0.1) is 13.8 Å². The second-order valence-corrected chi connectivity index (χ2v) is 9.60. The maximum atomic E-state index is 14.0. The molecular formula is C30H30N2O2. The molecule has 0 radical (unpaired) electrons. The van der Waals surface area contributed by atoms with E-state index in [-0.39, 0.29) is 11.8 Å². The molecule has 2 amide bonds. The Bertz CT molecular complexity index is 1320. The van der Waals surface area contributed by atoms with E-state index in [0.29, 0.717) is 29.4 Å². The molecule has 34 heavy (non-hydrogen) atoms. The van der Waals surface area contributed by atoms with E-state index >= 15 is 0 Å². The Kier molecular flexibility index (Phi) is 5.60. The maximum Gasteiger partial charge on any atom is 0.282 e. The highest BCUT2D eigenvalue weighted by Crippen LogP contribution is 2.40. The number of imide groups is 1. The molecule has 2 heterocycles. The van der Waals surface area contributed by atoms with Crippen molar-refractivity contribution in [1.29, 1.82) is 0 Å². The minimum Gasteiger partial charge on any atom is -0.336 e. The van der Waals surface area contributed by atoms with Gasteiger partial charge in [-0.3, -0.25) is 9.59 Å². The zero-order valence-electron chi connectivity index (χ0n) is 20.3. The van der Waals surface area contributed by atoms with E-state index in [1.807, 2.05) is 61.5 Å². The van der Waals surface area contributed by atoms with Gasteiger partial charge in [-0.05, 0) is 78.6 Å². The van der Waals surface area contributed by atoms with Crippen molar-refractivity contribution in [2.45, 2.75) is 46.5 Å². The number of carbonyl (C=O) groups is 2. The first-order chi connectivity index (χ1) is 16.4. The zero-order chi connectivity index (χ0) is 24.0. The second kappa shape index (κ2) is 8.60. The highest BCUT2D eigenvalue weighted by molar-refractivity contribution is 6.46. The standard InChI is InChI=1S/C30H30N2O2/c1-19(2)22-13-15-25(16-14-22)32-29(33)27(24-12-11-20(3)21(4)18-24)28(30(32)34)31-17-7-9-23-8-5-6-10-26(23)31/h5-6,8,10-16,18-19H,7,9,17H2,1-4H3. The van der Waals surface area contributed by atoms with Crippen LogP contribution in [0.1, 0.15) is 54.0 Å². The molecule has 5 rings (SSSR count). The smallest absolute Gasteiger partial charge is 0.282 e. The van der Waals surface area contributed by atoms with E-state index in [1.165, 1.54) is 16.0 Å². The molecule has 2 aliphatic rings. The minimum atomic E-state index is -0.261. The van der Waals surface area contributed by atoms with Crippen LogP contribution in [-0.2, 0) is 16.0 Å². The number of anilines is 2.